The Labute approximate surface area is 147 Å². The molecule has 5 nitrogen and oxygen atoms in total. The highest BCUT2D eigenvalue weighted by Crippen LogP contribution is 2.33. The third-order valence-electron chi connectivity index (χ3n) is 4.27. The van der Waals surface area contributed by atoms with E-state index in [-0.39, 0.29) is 17.7 Å². The number of ether oxygens (including phenoxy) is 1. The van der Waals surface area contributed by atoms with Crippen molar-refractivity contribution in [2.75, 3.05) is 10.6 Å². The average molecular weight is 338 g/mol. The first-order valence-corrected chi connectivity index (χ1v) is 8.56. The molecule has 0 spiro atoms. The van der Waals surface area contributed by atoms with E-state index in [4.69, 9.17) is 4.74 Å². The van der Waals surface area contributed by atoms with Crippen molar-refractivity contribution in [3.8, 4) is 5.75 Å². The topological polar surface area (TPSA) is 67.4 Å². The Kier molecular flexibility index (Phi) is 5.03. The molecule has 25 heavy (non-hydrogen) atoms. The van der Waals surface area contributed by atoms with Gasteiger partial charge in [-0.05, 0) is 37.1 Å². The highest BCUT2D eigenvalue weighted by atomic mass is 16.5. The van der Waals surface area contributed by atoms with Gasteiger partial charge in [0.2, 0.25) is 5.91 Å². The summed E-state index contributed by atoms with van der Waals surface area (Å²) in [6.45, 7) is 3.76. The Morgan fingerprint density at radius 3 is 2.72 bits per heavy atom. The molecule has 1 aliphatic rings. The van der Waals surface area contributed by atoms with Crippen molar-refractivity contribution < 1.29 is 14.3 Å². The van der Waals surface area contributed by atoms with Crippen molar-refractivity contribution in [3.63, 3.8) is 0 Å². The highest BCUT2D eigenvalue weighted by Gasteiger charge is 2.24. The standard InChI is InChI=1S/C20H22N2O3/c1-3-7-16(14-8-5-4-6-9-14)20(24)21-15-10-11-18-17(12-15)22-19(23)13(2)25-18/h4-6,8-13,16H,3,7H2,1-2H3,(H,21,24)(H,22,23)/t13-,16-/m0/s1. The van der Waals surface area contributed by atoms with E-state index in [1.807, 2.05) is 30.3 Å². The third-order valence-corrected chi connectivity index (χ3v) is 4.27. The molecule has 1 aliphatic heterocycles. The fourth-order valence-electron chi connectivity index (χ4n) is 2.94. The molecule has 0 radical (unpaired) electrons. The zero-order chi connectivity index (χ0) is 17.8. The van der Waals surface area contributed by atoms with Gasteiger partial charge in [0.1, 0.15) is 5.75 Å². The number of amides is 2. The van der Waals surface area contributed by atoms with Gasteiger partial charge in [0.05, 0.1) is 11.6 Å². The predicted molar refractivity (Wildman–Crippen MR) is 97.9 cm³/mol. The van der Waals surface area contributed by atoms with Crippen molar-refractivity contribution in [2.45, 2.75) is 38.7 Å². The summed E-state index contributed by atoms with van der Waals surface area (Å²) >= 11 is 0. The molecule has 2 aromatic rings. The van der Waals surface area contributed by atoms with Gasteiger partial charge in [-0.1, -0.05) is 43.7 Å². The van der Waals surface area contributed by atoms with E-state index < -0.39 is 6.10 Å². The molecular weight excluding hydrogens is 316 g/mol. The number of benzene rings is 2. The Morgan fingerprint density at radius 1 is 1.24 bits per heavy atom. The van der Waals surface area contributed by atoms with Gasteiger partial charge in [0.25, 0.3) is 5.91 Å². The average Bonchev–Trinajstić information content (AvgIpc) is 2.61. The van der Waals surface area contributed by atoms with Crippen LogP contribution in [0.15, 0.2) is 48.5 Å². The smallest absolute Gasteiger partial charge is 0.265 e. The molecule has 0 saturated carbocycles. The maximum absolute atomic E-state index is 12.8. The van der Waals surface area contributed by atoms with E-state index in [1.165, 1.54) is 0 Å². The summed E-state index contributed by atoms with van der Waals surface area (Å²) < 4.78 is 5.53. The summed E-state index contributed by atoms with van der Waals surface area (Å²) in [6.07, 6.45) is 1.18. The van der Waals surface area contributed by atoms with E-state index >= 15 is 0 Å². The third kappa shape index (κ3) is 3.82. The first-order chi connectivity index (χ1) is 12.1. The normalized spacial score (nSPS) is 17.0. The number of hydrogen-bond acceptors (Lipinski definition) is 3. The van der Waals surface area contributed by atoms with Crippen LogP contribution in [0.3, 0.4) is 0 Å². The lowest BCUT2D eigenvalue weighted by atomic mass is 9.93. The quantitative estimate of drug-likeness (QED) is 0.868. The van der Waals surface area contributed by atoms with Gasteiger partial charge in [-0.15, -0.1) is 0 Å². The Hall–Kier alpha value is -2.82. The molecule has 0 fully saturated rings. The number of anilines is 2. The van der Waals surface area contributed by atoms with E-state index in [0.717, 1.165) is 18.4 Å². The minimum absolute atomic E-state index is 0.0515. The van der Waals surface area contributed by atoms with Gasteiger partial charge in [0.15, 0.2) is 6.10 Å². The summed E-state index contributed by atoms with van der Waals surface area (Å²) in [4.78, 5) is 24.5. The summed E-state index contributed by atoms with van der Waals surface area (Å²) in [7, 11) is 0. The minimum Gasteiger partial charge on any atom is -0.479 e. The molecule has 3 rings (SSSR count). The van der Waals surface area contributed by atoms with Gasteiger partial charge < -0.3 is 15.4 Å². The summed E-state index contributed by atoms with van der Waals surface area (Å²) in [5.41, 5.74) is 2.22. The van der Waals surface area contributed by atoms with Gasteiger partial charge in [-0.2, -0.15) is 0 Å². The van der Waals surface area contributed by atoms with Crippen LogP contribution in [-0.4, -0.2) is 17.9 Å². The molecule has 2 amide bonds. The van der Waals surface area contributed by atoms with Gasteiger partial charge >= 0.3 is 0 Å². The number of rotatable bonds is 5. The van der Waals surface area contributed by atoms with Crippen LogP contribution in [0, 0.1) is 0 Å². The van der Waals surface area contributed by atoms with Gasteiger partial charge in [-0.25, -0.2) is 0 Å². The molecular formula is C20H22N2O3. The predicted octanol–water partition coefficient (Wildman–Crippen LogP) is 3.93. The second-order valence-corrected chi connectivity index (χ2v) is 6.20. The van der Waals surface area contributed by atoms with E-state index in [1.54, 1.807) is 25.1 Å². The van der Waals surface area contributed by atoms with Gasteiger partial charge in [-0.3, -0.25) is 9.59 Å². The van der Waals surface area contributed by atoms with Crippen LogP contribution >= 0.6 is 0 Å². The summed E-state index contributed by atoms with van der Waals surface area (Å²) in [5.74, 6) is 0.167. The molecule has 2 atom stereocenters. The van der Waals surface area contributed by atoms with Crippen molar-refractivity contribution in [1.82, 2.24) is 0 Å². The van der Waals surface area contributed by atoms with Crippen molar-refractivity contribution in [1.29, 1.82) is 0 Å². The van der Waals surface area contributed by atoms with Crippen LogP contribution < -0.4 is 15.4 Å². The summed E-state index contributed by atoms with van der Waals surface area (Å²) in [5, 5.41) is 5.75. The molecule has 130 valence electrons. The van der Waals surface area contributed by atoms with E-state index in [0.29, 0.717) is 17.1 Å². The van der Waals surface area contributed by atoms with Crippen molar-refractivity contribution in [3.05, 3.63) is 54.1 Å². The molecule has 1 heterocycles. The highest BCUT2D eigenvalue weighted by molar-refractivity contribution is 6.00. The monoisotopic (exact) mass is 338 g/mol. The maximum Gasteiger partial charge on any atom is 0.265 e. The zero-order valence-electron chi connectivity index (χ0n) is 14.4. The van der Waals surface area contributed by atoms with Crippen molar-refractivity contribution >= 4 is 23.2 Å². The number of carbonyl (C=O) groups excluding carboxylic acids is 2. The lowest BCUT2D eigenvalue weighted by Crippen LogP contribution is -2.34. The van der Waals surface area contributed by atoms with Crippen LogP contribution in [0.1, 0.15) is 38.2 Å². The molecule has 2 N–H and O–H groups in total. The molecule has 2 aromatic carbocycles. The molecule has 0 saturated heterocycles. The second kappa shape index (κ2) is 7.38. The lowest BCUT2D eigenvalue weighted by molar-refractivity contribution is -0.122. The maximum atomic E-state index is 12.8. The fraction of sp³-hybridized carbons (Fsp3) is 0.300. The number of hydrogen-bond donors (Lipinski definition) is 2. The van der Waals surface area contributed by atoms with Crippen LogP contribution in [0.5, 0.6) is 5.75 Å². The Bertz CT molecular complexity index is 774. The number of carbonyl (C=O) groups is 2. The number of fused-ring (bicyclic) bond motifs is 1. The minimum atomic E-state index is -0.514. The molecule has 0 aliphatic carbocycles. The molecule has 0 bridgehead atoms. The SMILES string of the molecule is CCC[C@H](C(=O)Nc1ccc2c(c1)NC(=O)[C@H](C)O2)c1ccccc1. The molecule has 5 heteroatoms. The first-order valence-electron chi connectivity index (χ1n) is 8.56. The lowest BCUT2D eigenvalue weighted by Gasteiger charge is -2.24. The Balaban J connectivity index is 1.78. The van der Waals surface area contributed by atoms with Gasteiger partial charge in [0, 0.05) is 5.69 Å². The summed E-state index contributed by atoms with van der Waals surface area (Å²) in [6, 6.07) is 15.1. The Morgan fingerprint density at radius 2 is 2.00 bits per heavy atom. The first kappa shape index (κ1) is 17.0. The van der Waals surface area contributed by atoms with Crippen LogP contribution in [0.4, 0.5) is 11.4 Å². The van der Waals surface area contributed by atoms with E-state index in [9.17, 15) is 9.59 Å². The largest absolute Gasteiger partial charge is 0.479 e. The van der Waals surface area contributed by atoms with Crippen LogP contribution in [0.25, 0.3) is 0 Å². The van der Waals surface area contributed by atoms with Crippen molar-refractivity contribution in [2.24, 2.45) is 0 Å². The molecule has 0 unspecified atom stereocenters. The second-order valence-electron chi connectivity index (χ2n) is 6.20. The zero-order valence-corrected chi connectivity index (χ0v) is 14.4. The van der Waals surface area contributed by atoms with Crippen LogP contribution in [-0.2, 0) is 9.59 Å². The van der Waals surface area contributed by atoms with Crippen LogP contribution in [0.2, 0.25) is 0 Å². The number of nitrogens with one attached hydrogen (secondary N) is 2. The van der Waals surface area contributed by atoms with E-state index in [2.05, 4.69) is 17.6 Å². The fourth-order valence-corrected chi connectivity index (χ4v) is 2.94. The molecule has 0 aromatic heterocycles.